The van der Waals surface area contributed by atoms with E-state index in [4.69, 9.17) is 13.9 Å². The number of aromatic nitrogens is 2. The number of rotatable bonds is 11. The second-order valence-electron chi connectivity index (χ2n) is 8.11. The van der Waals surface area contributed by atoms with Crippen LogP contribution in [0.2, 0.25) is 0 Å². The molecule has 9 heteroatoms. The second kappa shape index (κ2) is 11.9. The first-order chi connectivity index (χ1) is 16.2. The molecule has 0 bridgehead atoms. The van der Waals surface area contributed by atoms with E-state index >= 15 is 0 Å². The zero-order chi connectivity index (χ0) is 22.9. The Hall–Kier alpha value is -2.75. The normalized spacial score (nSPS) is 14.5. The fourth-order valence-electron chi connectivity index (χ4n) is 3.73. The van der Waals surface area contributed by atoms with Crippen LogP contribution in [0.5, 0.6) is 5.75 Å². The first-order valence-electron chi connectivity index (χ1n) is 11.3. The lowest BCUT2D eigenvalue weighted by molar-refractivity contribution is -0.121. The predicted molar refractivity (Wildman–Crippen MR) is 126 cm³/mol. The topological polar surface area (TPSA) is 89.7 Å². The number of hydrogen-bond acceptors (Lipinski definition) is 8. The minimum atomic E-state index is -0.0605. The third kappa shape index (κ3) is 7.12. The van der Waals surface area contributed by atoms with Crippen LogP contribution >= 0.6 is 11.3 Å². The Morgan fingerprint density at radius 1 is 1.27 bits per heavy atom. The monoisotopic (exact) mass is 470 g/mol. The molecule has 1 amide bonds. The van der Waals surface area contributed by atoms with Gasteiger partial charge in [0.05, 0.1) is 0 Å². The third-order valence-electron chi connectivity index (χ3n) is 5.72. The molecule has 3 heterocycles. The van der Waals surface area contributed by atoms with E-state index in [1.54, 1.807) is 11.3 Å². The summed E-state index contributed by atoms with van der Waals surface area (Å²) in [5.41, 5.74) is 1.90. The Morgan fingerprint density at radius 2 is 2.15 bits per heavy atom. The molecule has 0 saturated carbocycles. The van der Waals surface area contributed by atoms with Crippen LogP contribution in [0, 0.1) is 0 Å². The summed E-state index contributed by atoms with van der Waals surface area (Å²) < 4.78 is 17.0. The molecule has 1 aliphatic heterocycles. The molecule has 4 rings (SSSR count). The Balaban J connectivity index is 1.16. The fourth-order valence-corrected chi connectivity index (χ4v) is 4.36. The summed E-state index contributed by atoms with van der Waals surface area (Å²) in [5.74, 6) is 1.71. The highest BCUT2D eigenvalue weighted by molar-refractivity contribution is 7.08. The van der Waals surface area contributed by atoms with E-state index in [-0.39, 0.29) is 5.91 Å². The van der Waals surface area contributed by atoms with Crippen molar-refractivity contribution in [3.05, 3.63) is 52.5 Å². The van der Waals surface area contributed by atoms with Crippen LogP contribution in [0.15, 0.2) is 45.5 Å². The van der Waals surface area contributed by atoms with Crippen molar-refractivity contribution >= 4 is 17.2 Å². The molecular formula is C24H30N4O4S. The second-order valence-corrected chi connectivity index (χ2v) is 8.89. The number of nitrogens with one attached hydrogen (secondary N) is 1. The number of hydrogen-bond donors (Lipinski definition) is 1. The Bertz CT molecular complexity index is 1000. The van der Waals surface area contributed by atoms with Crippen molar-refractivity contribution in [1.82, 2.24) is 20.4 Å². The maximum atomic E-state index is 12.3. The van der Waals surface area contributed by atoms with E-state index in [1.165, 1.54) is 0 Å². The van der Waals surface area contributed by atoms with Gasteiger partial charge in [-0.05, 0) is 49.0 Å². The highest BCUT2D eigenvalue weighted by Gasteiger charge is 2.18. The van der Waals surface area contributed by atoms with Crippen molar-refractivity contribution in [2.45, 2.75) is 38.3 Å². The van der Waals surface area contributed by atoms with Crippen LogP contribution in [0.25, 0.3) is 11.5 Å². The standard InChI is InChI=1S/C24H30N4O4S/c1-28(20-7-11-30-12-8-20)10-13-31-21-4-2-3-18(15-21)16-25-22(29)5-6-23-26-27-24(32-23)19-9-14-33-17-19/h2-4,9,14-15,17,20H,5-8,10-13,16H2,1H3,(H,25,29). The highest BCUT2D eigenvalue weighted by Crippen LogP contribution is 2.21. The number of likely N-dealkylation sites (N-methyl/N-ethyl adjacent to an activating group) is 1. The molecule has 8 nitrogen and oxygen atoms in total. The smallest absolute Gasteiger partial charge is 0.248 e. The van der Waals surface area contributed by atoms with Crippen LogP contribution in [0.1, 0.15) is 30.7 Å². The van der Waals surface area contributed by atoms with Gasteiger partial charge in [-0.3, -0.25) is 9.69 Å². The molecule has 0 radical (unpaired) electrons. The molecule has 1 aliphatic rings. The van der Waals surface area contributed by atoms with Crippen LogP contribution in [0.3, 0.4) is 0 Å². The quantitative estimate of drug-likeness (QED) is 0.458. The van der Waals surface area contributed by atoms with Gasteiger partial charge in [-0.1, -0.05) is 12.1 Å². The summed E-state index contributed by atoms with van der Waals surface area (Å²) in [6.45, 7) is 3.63. The van der Waals surface area contributed by atoms with E-state index in [0.29, 0.717) is 43.8 Å². The summed E-state index contributed by atoms with van der Waals surface area (Å²) in [7, 11) is 2.14. The summed E-state index contributed by atoms with van der Waals surface area (Å²) in [5, 5.41) is 14.9. The van der Waals surface area contributed by atoms with Crippen molar-refractivity contribution in [3.8, 4) is 17.2 Å². The average molecular weight is 471 g/mol. The maximum Gasteiger partial charge on any atom is 0.248 e. The molecule has 0 atom stereocenters. The Labute approximate surface area is 197 Å². The number of ether oxygens (including phenoxy) is 2. The van der Waals surface area contributed by atoms with Crippen LogP contribution in [0.4, 0.5) is 0 Å². The van der Waals surface area contributed by atoms with Crippen LogP contribution < -0.4 is 10.1 Å². The van der Waals surface area contributed by atoms with Gasteiger partial charge >= 0.3 is 0 Å². The zero-order valence-corrected chi connectivity index (χ0v) is 19.7. The van der Waals surface area contributed by atoms with Gasteiger partial charge in [-0.25, -0.2) is 0 Å². The molecule has 0 spiro atoms. The summed E-state index contributed by atoms with van der Waals surface area (Å²) >= 11 is 1.57. The lowest BCUT2D eigenvalue weighted by atomic mass is 10.1. The van der Waals surface area contributed by atoms with Crippen molar-refractivity contribution in [2.75, 3.05) is 33.4 Å². The number of benzene rings is 1. The first-order valence-corrected chi connectivity index (χ1v) is 12.2. The maximum absolute atomic E-state index is 12.3. The molecule has 0 unspecified atom stereocenters. The largest absolute Gasteiger partial charge is 0.492 e. The van der Waals surface area contributed by atoms with Crippen molar-refractivity contribution < 1.29 is 18.7 Å². The Kier molecular flexibility index (Phi) is 8.46. The number of carbonyl (C=O) groups excluding carboxylic acids is 1. The SMILES string of the molecule is CN(CCOc1cccc(CNC(=O)CCc2nnc(-c3ccsc3)o2)c1)C1CCOCC1. The molecular weight excluding hydrogens is 440 g/mol. The predicted octanol–water partition coefficient (Wildman–Crippen LogP) is 3.54. The van der Waals surface area contributed by atoms with Gasteiger partial charge in [0, 0.05) is 56.1 Å². The van der Waals surface area contributed by atoms with Crippen molar-refractivity contribution in [2.24, 2.45) is 0 Å². The molecule has 1 N–H and O–H groups in total. The van der Waals surface area contributed by atoms with E-state index in [2.05, 4.69) is 27.5 Å². The minimum Gasteiger partial charge on any atom is -0.492 e. The van der Waals surface area contributed by atoms with E-state index in [1.807, 2.05) is 41.1 Å². The Morgan fingerprint density at radius 3 is 2.97 bits per heavy atom. The molecule has 33 heavy (non-hydrogen) atoms. The van der Waals surface area contributed by atoms with Crippen LogP contribution in [-0.4, -0.2) is 60.5 Å². The number of aryl methyl sites for hydroxylation is 1. The zero-order valence-electron chi connectivity index (χ0n) is 18.9. The highest BCUT2D eigenvalue weighted by atomic mass is 32.1. The number of amides is 1. The molecule has 3 aromatic rings. The molecule has 1 saturated heterocycles. The molecule has 1 fully saturated rings. The lowest BCUT2D eigenvalue weighted by Gasteiger charge is -2.31. The lowest BCUT2D eigenvalue weighted by Crippen LogP contribution is -2.38. The van der Waals surface area contributed by atoms with Gasteiger partial charge < -0.3 is 19.2 Å². The first kappa shape index (κ1) is 23.4. The molecule has 176 valence electrons. The van der Waals surface area contributed by atoms with Gasteiger partial charge in [0.2, 0.25) is 17.7 Å². The fraction of sp³-hybridized carbons (Fsp3) is 0.458. The van der Waals surface area contributed by atoms with Crippen molar-refractivity contribution in [1.29, 1.82) is 0 Å². The van der Waals surface area contributed by atoms with Gasteiger partial charge in [0.1, 0.15) is 12.4 Å². The molecule has 2 aromatic heterocycles. The summed E-state index contributed by atoms with van der Waals surface area (Å²) in [6, 6.07) is 10.3. The average Bonchev–Trinajstić information content (AvgIpc) is 3.54. The number of carbonyl (C=O) groups is 1. The summed E-state index contributed by atoms with van der Waals surface area (Å²) in [4.78, 5) is 14.6. The number of thiophene rings is 1. The van der Waals surface area contributed by atoms with E-state index in [9.17, 15) is 4.79 Å². The van der Waals surface area contributed by atoms with E-state index < -0.39 is 0 Å². The van der Waals surface area contributed by atoms with Gasteiger partial charge in [0.15, 0.2) is 0 Å². The molecule has 1 aromatic carbocycles. The van der Waals surface area contributed by atoms with Crippen LogP contribution in [-0.2, 0) is 22.5 Å². The third-order valence-corrected chi connectivity index (χ3v) is 6.40. The number of nitrogens with zero attached hydrogens (tertiary/aromatic N) is 3. The van der Waals surface area contributed by atoms with Gasteiger partial charge in [0.25, 0.3) is 0 Å². The van der Waals surface area contributed by atoms with Crippen molar-refractivity contribution in [3.63, 3.8) is 0 Å². The summed E-state index contributed by atoms with van der Waals surface area (Å²) in [6.07, 6.45) is 2.86. The van der Waals surface area contributed by atoms with Gasteiger partial charge in [-0.15, -0.1) is 10.2 Å². The van der Waals surface area contributed by atoms with Gasteiger partial charge in [-0.2, -0.15) is 11.3 Å². The minimum absolute atomic E-state index is 0.0605. The molecule has 0 aliphatic carbocycles. The van der Waals surface area contributed by atoms with E-state index in [0.717, 1.165) is 49.5 Å².